The average molecular weight is 435 g/mol. The summed E-state index contributed by atoms with van der Waals surface area (Å²) in [5, 5.41) is 2.82. The molecule has 0 bridgehead atoms. The van der Waals surface area contributed by atoms with Crippen molar-refractivity contribution in [3.05, 3.63) is 46.5 Å². The molecule has 0 spiro atoms. The van der Waals surface area contributed by atoms with Gasteiger partial charge in [0.15, 0.2) is 5.75 Å². The number of ether oxygens (including phenoxy) is 1. The number of hydrogen-bond acceptors (Lipinski definition) is 4. The van der Waals surface area contributed by atoms with Gasteiger partial charge in [-0.2, -0.15) is 4.31 Å². The van der Waals surface area contributed by atoms with Crippen molar-refractivity contribution in [3.8, 4) is 11.5 Å². The third-order valence-corrected chi connectivity index (χ3v) is 8.00. The summed E-state index contributed by atoms with van der Waals surface area (Å²) in [6, 6.07) is 8.10. The SMILES string of the molecule is Cc1ccc2c(c1)Oc1cc(Cl)c(S(=O)(=O)N(C)C3CCCCC3)cc1C(=O)N2. The molecule has 0 radical (unpaired) electrons. The van der Waals surface area contributed by atoms with Crippen LogP contribution in [0, 0.1) is 6.92 Å². The maximum atomic E-state index is 13.3. The molecule has 1 saturated carbocycles. The van der Waals surface area contributed by atoms with Crippen LogP contribution in [0.15, 0.2) is 35.2 Å². The van der Waals surface area contributed by atoms with Gasteiger partial charge in [0.1, 0.15) is 10.6 Å². The summed E-state index contributed by atoms with van der Waals surface area (Å²) in [6.07, 6.45) is 4.81. The Kier molecular flexibility index (Phi) is 5.31. The number of fused-ring (bicyclic) bond motifs is 2. The second-order valence-corrected chi connectivity index (χ2v) is 10.0. The van der Waals surface area contributed by atoms with Crippen molar-refractivity contribution in [1.82, 2.24) is 4.31 Å². The molecule has 2 aromatic rings. The zero-order valence-electron chi connectivity index (χ0n) is 16.4. The van der Waals surface area contributed by atoms with Crippen LogP contribution in [0.5, 0.6) is 11.5 Å². The number of carbonyl (C=O) groups excluding carboxylic acids is 1. The minimum absolute atomic E-state index is 0.0373. The van der Waals surface area contributed by atoms with E-state index in [1.165, 1.54) is 16.4 Å². The zero-order valence-corrected chi connectivity index (χ0v) is 17.9. The molecule has 0 unspecified atom stereocenters. The van der Waals surface area contributed by atoms with E-state index in [1.54, 1.807) is 19.2 Å². The molecule has 1 N–H and O–H groups in total. The first kappa shape index (κ1) is 20.2. The van der Waals surface area contributed by atoms with Gasteiger partial charge in [-0.15, -0.1) is 0 Å². The molecule has 2 aliphatic rings. The summed E-state index contributed by atoms with van der Waals surface area (Å²) >= 11 is 6.37. The standard InChI is InChI=1S/C21H23ClN2O4S/c1-13-8-9-17-19(10-13)28-18-12-16(22)20(11-15(18)21(25)23-17)29(26,27)24(2)14-6-4-3-5-7-14/h8-12,14H,3-7H2,1-2H3,(H,23,25). The second-order valence-electron chi connectivity index (χ2n) is 7.65. The maximum absolute atomic E-state index is 13.3. The molecule has 29 heavy (non-hydrogen) atoms. The van der Waals surface area contributed by atoms with E-state index in [2.05, 4.69) is 5.32 Å². The highest BCUT2D eigenvalue weighted by Gasteiger charge is 2.33. The number of anilines is 1. The molecule has 1 aliphatic heterocycles. The quantitative estimate of drug-likeness (QED) is 0.740. The molecule has 4 rings (SSSR count). The molecule has 0 aromatic heterocycles. The molecule has 1 heterocycles. The summed E-state index contributed by atoms with van der Waals surface area (Å²) < 4.78 is 33.8. The predicted octanol–water partition coefficient (Wildman–Crippen LogP) is 4.96. The lowest BCUT2D eigenvalue weighted by atomic mass is 9.96. The lowest BCUT2D eigenvalue weighted by Crippen LogP contribution is -2.38. The number of hydrogen-bond donors (Lipinski definition) is 1. The number of benzene rings is 2. The van der Waals surface area contributed by atoms with Crippen molar-refractivity contribution in [2.24, 2.45) is 0 Å². The highest BCUT2D eigenvalue weighted by atomic mass is 35.5. The number of carbonyl (C=O) groups is 1. The van der Waals surface area contributed by atoms with Crippen molar-refractivity contribution in [2.45, 2.75) is 50.0 Å². The molecule has 2 aromatic carbocycles. The second kappa shape index (κ2) is 7.63. The molecule has 1 fully saturated rings. The molecule has 0 atom stereocenters. The number of amides is 1. The van der Waals surface area contributed by atoms with E-state index < -0.39 is 15.9 Å². The Balaban J connectivity index is 1.75. The molecule has 8 heteroatoms. The van der Waals surface area contributed by atoms with Gasteiger partial charge in [0.2, 0.25) is 10.0 Å². The monoisotopic (exact) mass is 434 g/mol. The van der Waals surface area contributed by atoms with Crippen molar-refractivity contribution < 1.29 is 17.9 Å². The third-order valence-electron chi connectivity index (χ3n) is 5.63. The first-order valence-corrected chi connectivity index (χ1v) is 11.5. The Labute approximate surface area is 175 Å². The average Bonchev–Trinajstić information content (AvgIpc) is 2.82. The highest BCUT2D eigenvalue weighted by molar-refractivity contribution is 7.89. The van der Waals surface area contributed by atoms with Crippen LogP contribution in [0.3, 0.4) is 0 Å². The summed E-state index contributed by atoms with van der Waals surface area (Å²) in [5.41, 5.74) is 1.64. The van der Waals surface area contributed by atoms with Gasteiger partial charge in [-0.05, 0) is 43.5 Å². The van der Waals surface area contributed by atoms with Crippen LogP contribution in [-0.2, 0) is 10.0 Å². The first-order chi connectivity index (χ1) is 13.8. The highest BCUT2D eigenvalue weighted by Crippen LogP contribution is 2.40. The van der Waals surface area contributed by atoms with Crippen LogP contribution in [0.4, 0.5) is 5.69 Å². The van der Waals surface area contributed by atoms with Crippen LogP contribution in [0.25, 0.3) is 0 Å². The van der Waals surface area contributed by atoms with Gasteiger partial charge in [-0.3, -0.25) is 4.79 Å². The number of nitrogens with zero attached hydrogens (tertiary/aromatic N) is 1. The fourth-order valence-electron chi connectivity index (χ4n) is 3.92. The summed E-state index contributed by atoms with van der Waals surface area (Å²) in [6.45, 7) is 1.92. The molecule has 1 amide bonds. The first-order valence-electron chi connectivity index (χ1n) is 9.69. The van der Waals surface area contributed by atoms with Crippen molar-refractivity contribution in [1.29, 1.82) is 0 Å². The number of sulfonamides is 1. The molecule has 154 valence electrons. The molecule has 0 saturated heterocycles. The van der Waals surface area contributed by atoms with E-state index in [0.717, 1.165) is 37.7 Å². The molecule has 1 aliphatic carbocycles. The van der Waals surface area contributed by atoms with E-state index in [9.17, 15) is 13.2 Å². The van der Waals surface area contributed by atoms with Crippen LogP contribution < -0.4 is 10.1 Å². The summed E-state index contributed by atoms with van der Waals surface area (Å²) in [4.78, 5) is 12.7. The lowest BCUT2D eigenvalue weighted by molar-refractivity contribution is 0.102. The van der Waals surface area contributed by atoms with Crippen LogP contribution in [0.2, 0.25) is 5.02 Å². The van der Waals surface area contributed by atoms with Crippen LogP contribution in [0.1, 0.15) is 48.0 Å². The summed E-state index contributed by atoms with van der Waals surface area (Å²) in [7, 11) is -2.26. The van der Waals surface area contributed by atoms with Gasteiger partial charge in [-0.1, -0.05) is 36.9 Å². The normalized spacial score (nSPS) is 17.2. The number of rotatable bonds is 3. The van der Waals surface area contributed by atoms with E-state index in [4.69, 9.17) is 16.3 Å². The Morgan fingerprint density at radius 2 is 1.83 bits per heavy atom. The van der Waals surface area contributed by atoms with E-state index in [1.807, 2.05) is 13.0 Å². The fraction of sp³-hybridized carbons (Fsp3) is 0.381. The van der Waals surface area contributed by atoms with E-state index >= 15 is 0 Å². The van der Waals surface area contributed by atoms with Crippen LogP contribution >= 0.6 is 11.6 Å². The number of aryl methyl sites for hydroxylation is 1. The Hall–Kier alpha value is -2.09. The smallest absolute Gasteiger partial charge is 0.259 e. The third kappa shape index (κ3) is 3.74. The van der Waals surface area contributed by atoms with Gasteiger partial charge in [0.25, 0.3) is 5.91 Å². The van der Waals surface area contributed by atoms with Crippen molar-refractivity contribution in [2.75, 3.05) is 12.4 Å². The number of halogens is 1. The van der Waals surface area contributed by atoms with E-state index in [-0.39, 0.29) is 27.3 Å². The Morgan fingerprint density at radius 1 is 1.10 bits per heavy atom. The fourth-order valence-corrected chi connectivity index (χ4v) is 5.85. The largest absolute Gasteiger partial charge is 0.454 e. The predicted molar refractivity (Wildman–Crippen MR) is 112 cm³/mol. The Bertz CT molecular complexity index is 1080. The van der Waals surface area contributed by atoms with Crippen molar-refractivity contribution in [3.63, 3.8) is 0 Å². The van der Waals surface area contributed by atoms with E-state index in [0.29, 0.717) is 11.4 Å². The van der Waals surface area contributed by atoms with Crippen molar-refractivity contribution >= 4 is 33.2 Å². The molecular formula is C21H23ClN2O4S. The molecular weight excluding hydrogens is 412 g/mol. The van der Waals surface area contributed by atoms with Gasteiger partial charge in [0, 0.05) is 19.2 Å². The van der Waals surface area contributed by atoms with Gasteiger partial charge >= 0.3 is 0 Å². The minimum atomic E-state index is -3.85. The number of nitrogens with one attached hydrogen (secondary N) is 1. The molecule has 6 nitrogen and oxygen atoms in total. The topological polar surface area (TPSA) is 75.7 Å². The van der Waals surface area contributed by atoms with Gasteiger partial charge < -0.3 is 10.1 Å². The van der Waals surface area contributed by atoms with Gasteiger partial charge in [0.05, 0.1) is 16.3 Å². The maximum Gasteiger partial charge on any atom is 0.259 e. The lowest BCUT2D eigenvalue weighted by Gasteiger charge is -2.30. The van der Waals surface area contributed by atoms with Gasteiger partial charge in [-0.25, -0.2) is 8.42 Å². The van der Waals surface area contributed by atoms with Crippen LogP contribution in [-0.4, -0.2) is 31.7 Å². The summed E-state index contributed by atoms with van der Waals surface area (Å²) in [5.74, 6) is 0.287. The minimum Gasteiger partial charge on any atom is -0.454 e. The zero-order chi connectivity index (χ0) is 20.8. The Morgan fingerprint density at radius 3 is 2.55 bits per heavy atom.